The average Bonchev–Trinajstić information content (AvgIpc) is 2.22. The number of hydrogen-bond acceptors (Lipinski definition) is 1. The minimum absolute atomic E-state index is 0.201. The lowest BCUT2D eigenvalue weighted by Gasteiger charge is -2.05. The van der Waals surface area contributed by atoms with Gasteiger partial charge in [0.15, 0.2) is 0 Å². The zero-order chi connectivity index (χ0) is 10.8. The van der Waals surface area contributed by atoms with Crippen LogP contribution in [0.2, 0.25) is 0 Å². The van der Waals surface area contributed by atoms with E-state index in [0.29, 0.717) is 5.56 Å². The van der Waals surface area contributed by atoms with Gasteiger partial charge in [-0.15, -0.1) is 0 Å². The van der Waals surface area contributed by atoms with Crippen molar-refractivity contribution in [3.8, 4) is 11.1 Å². The Kier molecular flexibility index (Phi) is 2.50. The van der Waals surface area contributed by atoms with Gasteiger partial charge in [0, 0.05) is 23.5 Å². The van der Waals surface area contributed by atoms with E-state index in [-0.39, 0.29) is 5.82 Å². The van der Waals surface area contributed by atoms with E-state index >= 15 is 0 Å². The van der Waals surface area contributed by atoms with E-state index in [1.165, 1.54) is 6.07 Å². The highest BCUT2D eigenvalue weighted by Crippen LogP contribution is 2.23. The van der Waals surface area contributed by atoms with Crippen molar-refractivity contribution < 1.29 is 4.39 Å². The molecule has 0 N–H and O–H groups in total. The maximum atomic E-state index is 13.6. The number of nitrogens with zero attached hydrogens (tertiary/aromatic N) is 1. The molecule has 0 aliphatic carbocycles. The molecule has 0 aliphatic rings. The fourth-order valence-corrected chi connectivity index (χ4v) is 1.56. The summed E-state index contributed by atoms with van der Waals surface area (Å²) in [5, 5.41) is 0. The summed E-state index contributed by atoms with van der Waals surface area (Å²) >= 11 is 0. The third-order valence-corrected chi connectivity index (χ3v) is 2.31. The van der Waals surface area contributed by atoms with E-state index in [1.807, 2.05) is 26.0 Å². The van der Waals surface area contributed by atoms with E-state index in [0.717, 1.165) is 16.7 Å². The van der Waals surface area contributed by atoms with Crippen LogP contribution in [0.4, 0.5) is 4.39 Å². The monoisotopic (exact) mass is 201 g/mol. The van der Waals surface area contributed by atoms with Gasteiger partial charge in [0.2, 0.25) is 0 Å². The molecule has 0 spiro atoms. The lowest BCUT2D eigenvalue weighted by molar-refractivity contribution is 0.631. The molecule has 76 valence electrons. The van der Waals surface area contributed by atoms with E-state index in [1.54, 1.807) is 18.5 Å². The second-order valence-corrected chi connectivity index (χ2v) is 3.73. The molecule has 1 heterocycles. The molecule has 0 saturated heterocycles. The summed E-state index contributed by atoms with van der Waals surface area (Å²) in [4.78, 5) is 4.06. The van der Waals surface area contributed by atoms with E-state index in [9.17, 15) is 4.39 Å². The van der Waals surface area contributed by atoms with E-state index in [4.69, 9.17) is 0 Å². The molecule has 2 rings (SSSR count). The van der Waals surface area contributed by atoms with Crippen LogP contribution in [0.3, 0.4) is 0 Å². The molecule has 0 aliphatic heterocycles. The minimum Gasteiger partial charge on any atom is -0.264 e. The second kappa shape index (κ2) is 3.81. The molecule has 1 aromatic heterocycles. The highest BCUT2D eigenvalue weighted by atomic mass is 19.1. The van der Waals surface area contributed by atoms with E-state index < -0.39 is 0 Å². The van der Waals surface area contributed by atoms with Gasteiger partial charge in [-0.25, -0.2) is 4.39 Å². The van der Waals surface area contributed by atoms with Crippen LogP contribution < -0.4 is 0 Å². The van der Waals surface area contributed by atoms with Crippen LogP contribution in [0.1, 0.15) is 11.1 Å². The maximum absolute atomic E-state index is 13.6. The fourth-order valence-electron chi connectivity index (χ4n) is 1.56. The van der Waals surface area contributed by atoms with Crippen molar-refractivity contribution >= 4 is 0 Å². The van der Waals surface area contributed by atoms with Gasteiger partial charge in [-0.3, -0.25) is 4.98 Å². The molecular formula is C13H12FN. The highest BCUT2D eigenvalue weighted by molar-refractivity contribution is 5.64. The van der Waals surface area contributed by atoms with Crippen molar-refractivity contribution in [2.24, 2.45) is 0 Å². The van der Waals surface area contributed by atoms with Gasteiger partial charge in [0.25, 0.3) is 0 Å². The largest absolute Gasteiger partial charge is 0.264 e. The van der Waals surface area contributed by atoms with Crippen LogP contribution in [0.15, 0.2) is 36.7 Å². The molecule has 0 bridgehead atoms. The Morgan fingerprint density at radius 1 is 1.00 bits per heavy atom. The third-order valence-electron chi connectivity index (χ3n) is 2.31. The van der Waals surface area contributed by atoms with Gasteiger partial charge in [0.05, 0.1) is 0 Å². The van der Waals surface area contributed by atoms with Crippen LogP contribution in [-0.4, -0.2) is 4.98 Å². The zero-order valence-corrected chi connectivity index (χ0v) is 8.79. The predicted molar refractivity (Wildman–Crippen MR) is 59.1 cm³/mol. The number of rotatable bonds is 1. The molecule has 0 saturated carbocycles. The maximum Gasteiger partial charge on any atom is 0.131 e. The van der Waals surface area contributed by atoms with Gasteiger partial charge in [-0.1, -0.05) is 11.6 Å². The third kappa shape index (κ3) is 2.04. The molecule has 2 aromatic rings. The Bertz CT molecular complexity index is 492. The number of halogens is 1. The van der Waals surface area contributed by atoms with Crippen molar-refractivity contribution in [3.63, 3.8) is 0 Å². The topological polar surface area (TPSA) is 12.9 Å². The first-order valence-corrected chi connectivity index (χ1v) is 4.85. The smallest absolute Gasteiger partial charge is 0.131 e. The molecule has 1 aromatic carbocycles. The lowest BCUT2D eigenvalue weighted by Crippen LogP contribution is -1.87. The first kappa shape index (κ1) is 9.84. The number of aryl methyl sites for hydroxylation is 2. The summed E-state index contributed by atoms with van der Waals surface area (Å²) in [7, 11) is 0. The quantitative estimate of drug-likeness (QED) is 0.688. The Morgan fingerprint density at radius 2 is 1.80 bits per heavy atom. The highest BCUT2D eigenvalue weighted by Gasteiger charge is 2.05. The normalized spacial score (nSPS) is 10.3. The summed E-state index contributed by atoms with van der Waals surface area (Å²) in [5.74, 6) is -0.201. The average molecular weight is 201 g/mol. The minimum atomic E-state index is -0.201. The van der Waals surface area contributed by atoms with Gasteiger partial charge < -0.3 is 0 Å². The van der Waals surface area contributed by atoms with Crippen LogP contribution in [0.25, 0.3) is 11.1 Å². The Morgan fingerprint density at radius 3 is 2.53 bits per heavy atom. The van der Waals surface area contributed by atoms with Gasteiger partial charge >= 0.3 is 0 Å². The summed E-state index contributed by atoms with van der Waals surface area (Å²) in [6.07, 6.45) is 3.45. The van der Waals surface area contributed by atoms with Crippen LogP contribution in [-0.2, 0) is 0 Å². The van der Waals surface area contributed by atoms with Crippen molar-refractivity contribution in [2.45, 2.75) is 13.8 Å². The molecule has 0 radical (unpaired) electrons. The molecule has 0 fully saturated rings. The molecule has 15 heavy (non-hydrogen) atoms. The Balaban J connectivity index is 2.58. The van der Waals surface area contributed by atoms with Crippen molar-refractivity contribution in [3.05, 3.63) is 53.6 Å². The molecule has 0 amide bonds. The number of hydrogen-bond donors (Lipinski definition) is 0. The van der Waals surface area contributed by atoms with Crippen LogP contribution in [0.5, 0.6) is 0 Å². The number of benzene rings is 1. The van der Waals surface area contributed by atoms with Crippen molar-refractivity contribution in [2.75, 3.05) is 0 Å². The molecule has 1 nitrogen and oxygen atoms in total. The Labute approximate surface area is 88.6 Å². The lowest BCUT2D eigenvalue weighted by atomic mass is 10.0. The van der Waals surface area contributed by atoms with Gasteiger partial charge in [-0.2, -0.15) is 0 Å². The first-order chi connectivity index (χ1) is 7.16. The molecule has 2 heteroatoms. The molecule has 0 unspecified atom stereocenters. The van der Waals surface area contributed by atoms with Crippen molar-refractivity contribution in [1.29, 1.82) is 0 Å². The second-order valence-electron chi connectivity index (χ2n) is 3.73. The first-order valence-electron chi connectivity index (χ1n) is 4.85. The molecular weight excluding hydrogens is 189 g/mol. The van der Waals surface area contributed by atoms with Crippen molar-refractivity contribution in [1.82, 2.24) is 4.98 Å². The van der Waals surface area contributed by atoms with Crippen LogP contribution >= 0.6 is 0 Å². The summed E-state index contributed by atoms with van der Waals surface area (Å²) < 4.78 is 13.6. The fraction of sp³-hybridized carbons (Fsp3) is 0.154. The SMILES string of the molecule is Cc1cncc(-c2cc(C)ccc2F)c1. The summed E-state index contributed by atoms with van der Waals surface area (Å²) in [6.45, 7) is 3.90. The predicted octanol–water partition coefficient (Wildman–Crippen LogP) is 3.50. The zero-order valence-electron chi connectivity index (χ0n) is 8.79. The van der Waals surface area contributed by atoms with Crippen LogP contribution in [0, 0.1) is 19.7 Å². The van der Waals surface area contributed by atoms with Gasteiger partial charge in [0.1, 0.15) is 5.82 Å². The standard InChI is InChI=1S/C13H12FN/c1-9-3-4-13(14)12(6-9)11-5-10(2)7-15-8-11/h3-8H,1-2H3. The Hall–Kier alpha value is -1.70. The van der Waals surface area contributed by atoms with E-state index in [2.05, 4.69) is 4.98 Å². The summed E-state index contributed by atoms with van der Waals surface area (Å²) in [5.41, 5.74) is 3.53. The van der Waals surface area contributed by atoms with Gasteiger partial charge in [-0.05, 0) is 37.6 Å². The summed E-state index contributed by atoms with van der Waals surface area (Å²) in [6, 6.07) is 7.03. The number of aromatic nitrogens is 1. The number of pyridine rings is 1. The molecule has 0 atom stereocenters.